The average molecular weight is 445 g/mol. The quantitative estimate of drug-likeness (QED) is 0.328. The topological polar surface area (TPSA) is 86.5 Å². The summed E-state index contributed by atoms with van der Waals surface area (Å²) in [6.45, 7) is 0. The number of thioether (sulfide) groups is 1. The Hall–Kier alpha value is -3.52. The molecule has 0 bridgehead atoms. The van der Waals surface area contributed by atoms with Crippen LogP contribution in [0.5, 0.6) is 5.75 Å². The highest BCUT2D eigenvalue weighted by Gasteiger charge is 2.30. The Kier molecular flexibility index (Phi) is 5.45. The van der Waals surface area contributed by atoms with Gasteiger partial charge in [0.15, 0.2) is 11.6 Å². The van der Waals surface area contributed by atoms with Gasteiger partial charge in [0.1, 0.15) is 5.75 Å². The third-order valence-corrected chi connectivity index (χ3v) is 6.41. The molecule has 2 heterocycles. The van der Waals surface area contributed by atoms with E-state index in [1.165, 1.54) is 16.3 Å². The molecule has 32 heavy (non-hydrogen) atoms. The molecule has 0 spiro atoms. The summed E-state index contributed by atoms with van der Waals surface area (Å²) in [5.41, 5.74) is 2.96. The smallest absolute Gasteiger partial charge is 0.253 e. The van der Waals surface area contributed by atoms with Gasteiger partial charge in [0, 0.05) is 24.1 Å². The molecule has 0 amide bonds. The number of hydrogen-bond donors (Lipinski definition) is 0. The van der Waals surface area contributed by atoms with Crippen molar-refractivity contribution in [2.24, 2.45) is 0 Å². The minimum Gasteiger partial charge on any atom is -0.496 e. The second-order valence-electron chi connectivity index (χ2n) is 7.59. The molecule has 1 aliphatic rings. The molecule has 0 aliphatic heterocycles. The van der Waals surface area contributed by atoms with Gasteiger partial charge in [0.25, 0.3) is 5.78 Å². The molecule has 160 valence electrons. The van der Waals surface area contributed by atoms with Crippen molar-refractivity contribution in [3.8, 4) is 5.75 Å². The number of nitrogens with zero attached hydrogens (tertiary/aromatic N) is 4. The summed E-state index contributed by atoms with van der Waals surface area (Å²) in [7, 11) is 1.64. The lowest BCUT2D eigenvalue weighted by Gasteiger charge is -2.24. The Labute approximate surface area is 188 Å². The van der Waals surface area contributed by atoms with E-state index in [2.05, 4.69) is 15.1 Å². The van der Waals surface area contributed by atoms with Crippen LogP contribution in [0.1, 0.15) is 44.3 Å². The van der Waals surface area contributed by atoms with Crippen molar-refractivity contribution in [1.82, 2.24) is 19.6 Å². The zero-order chi connectivity index (χ0) is 22.1. The lowest BCUT2D eigenvalue weighted by atomic mass is 9.82. The van der Waals surface area contributed by atoms with Crippen LogP contribution in [-0.4, -0.2) is 44.0 Å². The van der Waals surface area contributed by atoms with Crippen LogP contribution >= 0.6 is 11.8 Å². The number of carbonyl (C=O) groups excluding carboxylic acids is 2. The highest BCUT2D eigenvalue weighted by Crippen LogP contribution is 2.36. The maximum atomic E-state index is 12.9. The van der Waals surface area contributed by atoms with Gasteiger partial charge < -0.3 is 4.74 Å². The SMILES string of the molecule is COc1ccccc1[C@@H]1CC(=O)c2cn3nc(SCC(=O)c4ccccc4)nc3nc2C1. The summed E-state index contributed by atoms with van der Waals surface area (Å²) in [6, 6.07) is 16.9. The summed E-state index contributed by atoms with van der Waals surface area (Å²) in [4.78, 5) is 34.3. The van der Waals surface area contributed by atoms with Crippen LogP contribution in [0.15, 0.2) is 66.0 Å². The zero-order valence-electron chi connectivity index (χ0n) is 17.4. The van der Waals surface area contributed by atoms with E-state index in [1.54, 1.807) is 25.4 Å². The number of para-hydroxylation sites is 1. The third kappa shape index (κ3) is 3.89. The molecule has 0 saturated carbocycles. The van der Waals surface area contributed by atoms with Crippen LogP contribution in [-0.2, 0) is 6.42 Å². The Morgan fingerprint density at radius 3 is 2.69 bits per heavy atom. The molecule has 0 saturated heterocycles. The lowest BCUT2D eigenvalue weighted by Crippen LogP contribution is -2.21. The predicted octanol–water partition coefficient (Wildman–Crippen LogP) is 4.02. The van der Waals surface area contributed by atoms with Crippen LogP contribution in [0.2, 0.25) is 0 Å². The number of carbonyl (C=O) groups is 2. The molecular formula is C24H20N4O3S. The second-order valence-corrected chi connectivity index (χ2v) is 8.53. The van der Waals surface area contributed by atoms with Gasteiger partial charge >= 0.3 is 0 Å². The van der Waals surface area contributed by atoms with Crippen molar-refractivity contribution < 1.29 is 14.3 Å². The Balaban J connectivity index is 1.38. The van der Waals surface area contributed by atoms with Gasteiger partial charge in [-0.05, 0) is 18.1 Å². The molecule has 8 heteroatoms. The summed E-state index contributed by atoms with van der Waals surface area (Å²) < 4.78 is 7.01. The van der Waals surface area contributed by atoms with Crippen LogP contribution < -0.4 is 4.74 Å². The van der Waals surface area contributed by atoms with E-state index in [4.69, 9.17) is 4.74 Å². The van der Waals surface area contributed by atoms with E-state index in [1.807, 2.05) is 42.5 Å². The first-order chi connectivity index (χ1) is 15.6. The number of fused-ring (bicyclic) bond motifs is 2. The molecule has 0 fully saturated rings. The van der Waals surface area contributed by atoms with Crippen molar-refractivity contribution in [3.63, 3.8) is 0 Å². The third-order valence-electron chi connectivity index (χ3n) is 5.57. The van der Waals surface area contributed by atoms with E-state index in [9.17, 15) is 9.59 Å². The largest absolute Gasteiger partial charge is 0.496 e. The lowest BCUT2D eigenvalue weighted by molar-refractivity contribution is 0.0961. The second kappa shape index (κ2) is 8.55. The van der Waals surface area contributed by atoms with Crippen molar-refractivity contribution in [3.05, 3.63) is 83.2 Å². The fourth-order valence-electron chi connectivity index (χ4n) is 3.99. The zero-order valence-corrected chi connectivity index (χ0v) is 18.2. The molecule has 0 N–H and O–H groups in total. The first kappa shape index (κ1) is 20.4. The first-order valence-corrected chi connectivity index (χ1v) is 11.2. The van der Waals surface area contributed by atoms with Gasteiger partial charge in [-0.15, -0.1) is 5.10 Å². The van der Waals surface area contributed by atoms with Crippen molar-refractivity contribution in [2.45, 2.75) is 23.9 Å². The molecule has 1 aliphatic carbocycles. The van der Waals surface area contributed by atoms with Gasteiger partial charge in [-0.25, -0.2) is 9.50 Å². The van der Waals surface area contributed by atoms with Gasteiger partial charge in [-0.3, -0.25) is 9.59 Å². The number of ether oxygens (including phenoxy) is 1. The summed E-state index contributed by atoms with van der Waals surface area (Å²) in [5, 5.41) is 4.86. The van der Waals surface area contributed by atoms with E-state index in [0.717, 1.165) is 11.3 Å². The van der Waals surface area contributed by atoms with Crippen LogP contribution in [0.3, 0.4) is 0 Å². The molecule has 4 aromatic rings. The maximum absolute atomic E-state index is 12.9. The van der Waals surface area contributed by atoms with E-state index in [-0.39, 0.29) is 23.2 Å². The van der Waals surface area contributed by atoms with Crippen molar-refractivity contribution >= 4 is 29.1 Å². The van der Waals surface area contributed by atoms with E-state index >= 15 is 0 Å². The first-order valence-electron chi connectivity index (χ1n) is 10.3. The van der Waals surface area contributed by atoms with Crippen molar-refractivity contribution in [2.75, 3.05) is 12.9 Å². The summed E-state index contributed by atoms with van der Waals surface area (Å²) in [6.07, 6.45) is 2.72. The molecule has 2 aromatic carbocycles. The van der Waals surface area contributed by atoms with Gasteiger partial charge in [-0.2, -0.15) is 4.98 Å². The van der Waals surface area contributed by atoms with Crippen LogP contribution in [0.4, 0.5) is 0 Å². The highest BCUT2D eigenvalue weighted by molar-refractivity contribution is 7.99. The van der Waals surface area contributed by atoms with Gasteiger partial charge in [-0.1, -0.05) is 60.3 Å². The number of benzene rings is 2. The predicted molar refractivity (Wildman–Crippen MR) is 121 cm³/mol. The molecule has 1 atom stereocenters. The van der Waals surface area contributed by atoms with E-state index in [0.29, 0.717) is 40.6 Å². The van der Waals surface area contributed by atoms with E-state index < -0.39 is 0 Å². The number of methoxy groups -OCH3 is 1. The Bertz CT molecular complexity index is 1320. The number of rotatable bonds is 6. The fourth-order valence-corrected chi connectivity index (χ4v) is 4.71. The minimum atomic E-state index is 0.00126. The van der Waals surface area contributed by atoms with Gasteiger partial charge in [0.05, 0.1) is 24.1 Å². The monoisotopic (exact) mass is 444 g/mol. The van der Waals surface area contributed by atoms with Crippen LogP contribution in [0, 0.1) is 0 Å². The van der Waals surface area contributed by atoms with Crippen LogP contribution in [0.25, 0.3) is 5.78 Å². The molecule has 2 aromatic heterocycles. The molecule has 5 rings (SSSR count). The number of ketones is 2. The number of Topliss-reactive ketones (excluding diaryl/α,β-unsaturated/α-hetero) is 2. The Morgan fingerprint density at radius 1 is 1.09 bits per heavy atom. The summed E-state index contributed by atoms with van der Waals surface area (Å²) >= 11 is 1.26. The number of hydrogen-bond acceptors (Lipinski definition) is 7. The average Bonchev–Trinajstić information content (AvgIpc) is 3.23. The maximum Gasteiger partial charge on any atom is 0.253 e. The molecule has 0 unspecified atom stereocenters. The minimum absolute atomic E-state index is 0.00126. The molecule has 0 radical (unpaired) electrons. The highest BCUT2D eigenvalue weighted by atomic mass is 32.2. The van der Waals surface area contributed by atoms with Gasteiger partial charge in [0.2, 0.25) is 5.16 Å². The summed E-state index contributed by atoms with van der Waals surface area (Å²) in [5.74, 6) is 1.47. The standard InChI is InChI=1S/C24H20N4O3S/c1-31-22-10-6-5-9-17(22)16-11-19-18(20(29)12-16)13-28-23(25-19)26-24(27-28)32-14-21(30)15-7-3-2-4-8-15/h2-10,13,16H,11-12,14H2,1H3/t16-/m0/s1. The molecule has 7 nitrogen and oxygen atoms in total. The van der Waals surface area contributed by atoms with Crippen molar-refractivity contribution in [1.29, 1.82) is 0 Å². The number of aromatic nitrogens is 4. The Morgan fingerprint density at radius 2 is 1.88 bits per heavy atom. The normalized spacial score (nSPS) is 15.5. The molecular weight excluding hydrogens is 424 g/mol. The fraction of sp³-hybridized carbons (Fsp3) is 0.208.